The molecule has 1 saturated carbocycles. The quantitative estimate of drug-likeness (QED) is 0.692. The molecular weight excluding hydrogens is 276 g/mol. The van der Waals surface area contributed by atoms with E-state index in [1.807, 2.05) is 0 Å². The Morgan fingerprint density at radius 2 is 1.85 bits per heavy atom. The molecule has 0 aromatic heterocycles. The summed E-state index contributed by atoms with van der Waals surface area (Å²) in [6.07, 6.45) is 5.05. The first-order chi connectivity index (χ1) is 9.41. The Morgan fingerprint density at radius 3 is 2.35 bits per heavy atom. The van der Waals surface area contributed by atoms with Crippen molar-refractivity contribution >= 4 is 15.7 Å². The lowest BCUT2D eigenvalue weighted by atomic mass is 10.0. The molecule has 1 fully saturated rings. The maximum Gasteiger partial charge on any atom is 0.238 e. The fourth-order valence-electron chi connectivity index (χ4n) is 2.85. The van der Waals surface area contributed by atoms with Crippen molar-refractivity contribution in [3.63, 3.8) is 0 Å². The van der Waals surface area contributed by atoms with Crippen LogP contribution in [0.3, 0.4) is 0 Å². The van der Waals surface area contributed by atoms with Crippen LogP contribution >= 0.6 is 0 Å². The number of hydrogen-bond donors (Lipinski definition) is 2. The highest BCUT2D eigenvalue weighted by molar-refractivity contribution is 7.93. The summed E-state index contributed by atoms with van der Waals surface area (Å²) >= 11 is 0. The second-order valence-electron chi connectivity index (χ2n) is 5.95. The molecule has 0 saturated heterocycles. The molecule has 1 atom stereocenters. The standard InChI is InChI=1S/C14H28N2O3S/c1-11(2)13(14(17)16-10-6-9-15)20(18,19)12-7-4-3-5-8-12/h11-13H,3-10,15H2,1-2H3,(H,16,17). The van der Waals surface area contributed by atoms with Crippen LogP contribution in [0.25, 0.3) is 0 Å². The largest absolute Gasteiger partial charge is 0.355 e. The number of sulfone groups is 1. The maximum atomic E-state index is 12.7. The van der Waals surface area contributed by atoms with Gasteiger partial charge in [0.1, 0.15) is 5.25 Å². The van der Waals surface area contributed by atoms with E-state index >= 15 is 0 Å². The van der Waals surface area contributed by atoms with Crippen LogP contribution in [0.5, 0.6) is 0 Å². The summed E-state index contributed by atoms with van der Waals surface area (Å²) in [5.74, 6) is -0.571. The Bertz CT molecular complexity index is 401. The second-order valence-corrected chi connectivity index (χ2v) is 8.30. The predicted octanol–water partition coefficient (Wildman–Crippen LogP) is 1.22. The van der Waals surface area contributed by atoms with Gasteiger partial charge in [0.25, 0.3) is 0 Å². The average Bonchev–Trinajstić information content (AvgIpc) is 2.39. The zero-order valence-electron chi connectivity index (χ0n) is 12.6. The van der Waals surface area contributed by atoms with Crippen LogP contribution in [-0.4, -0.2) is 37.9 Å². The molecular formula is C14H28N2O3S. The third kappa shape index (κ3) is 4.45. The van der Waals surface area contributed by atoms with Crippen molar-refractivity contribution in [3.05, 3.63) is 0 Å². The molecule has 1 aliphatic rings. The van der Waals surface area contributed by atoms with E-state index in [-0.39, 0.29) is 17.1 Å². The highest BCUT2D eigenvalue weighted by Gasteiger charge is 2.40. The lowest BCUT2D eigenvalue weighted by Gasteiger charge is -2.28. The van der Waals surface area contributed by atoms with Gasteiger partial charge in [0.15, 0.2) is 9.84 Å². The number of nitrogens with one attached hydrogen (secondary N) is 1. The molecule has 0 heterocycles. The number of amides is 1. The van der Waals surface area contributed by atoms with Crippen LogP contribution < -0.4 is 11.1 Å². The monoisotopic (exact) mass is 304 g/mol. The molecule has 0 aromatic rings. The summed E-state index contributed by atoms with van der Waals surface area (Å²) in [4.78, 5) is 12.2. The van der Waals surface area contributed by atoms with Crippen LogP contribution in [-0.2, 0) is 14.6 Å². The van der Waals surface area contributed by atoms with Gasteiger partial charge in [-0.15, -0.1) is 0 Å². The highest BCUT2D eigenvalue weighted by Crippen LogP contribution is 2.28. The van der Waals surface area contributed by atoms with Gasteiger partial charge >= 0.3 is 0 Å². The summed E-state index contributed by atoms with van der Waals surface area (Å²) < 4.78 is 25.4. The Balaban J connectivity index is 2.80. The molecule has 1 rings (SSSR count). The summed E-state index contributed by atoms with van der Waals surface area (Å²) in [5, 5.41) is 1.44. The summed E-state index contributed by atoms with van der Waals surface area (Å²) in [6.45, 7) is 4.53. The lowest BCUT2D eigenvalue weighted by Crippen LogP contribution is -2.47. The summed E-state index contributed by atoms with van der Waals surface area (Å²) in [7, 11) is -3.40. The van der Waals surface area contributed by atoms with Gasteiger partial charge in [-0.25, -0.2) is 8.42 Å². The van der Waals surface area contributed by atoms with Crippen molar-refractivity contribution in [2.75, 3.05) is 13.1 Å². The Labute approximate surface area is 122 Å². The molecule has 1 amide bonds. The average molecular weight is 304 g/mol. The first-order valence-electron chi connectivity index (χ1n) is 7.61. The molecule has 0 aliphatic heterocycles. The van der Waals surface area contributed by atoms with Crippen molar-refractivity contribution in [2.45, 2.75) is 62.9 Å². The molecule has 1 unspecified atom stereocenters. The highest BCUT2D eigenvalue weighted by atomic mass is 32.2. The number of carbonyl (C=O) groups excluding carboxylic acids is 1. The molecule has 0 bridgehead atoms. The Hall–Kier alpha value is -0.620. The van der Waals surface area contributed by atoms with E-state index < -0.39 is 15.1 Å². The van der Waals surface area contributed by atoms with E-state index in [2.05, 4.69) is 5.32 Å². The molecule has 118 valence electrons. The fourth-order valence-corrected chi connectivity index (χ4v) is 5.39. The van der Waals surface area contributed by atoms with E-state index in [0.717, 1.165) is 19.3 Å². The smallest absolute Gasteiger partial charge is 0.238 e. The zero-order chi connectivity index (χ0) is 15.2. The molecule has 3 N–H and O–H groups in total. The van der Waals surface area contributed by atoms with Gasteiger partial charge < -0.3 is 11.1 Å². The van der Waals surface area contributed by atoms with Gasteiger partial charge in [-0.1, -0.05) is 33.1 Å². The van der Waals surface area contributed by atoms with Crippen molar-refractivity contribution in [3.8, 4) is 0 Å². The first-order valence-corrected chi connectivity index (χ1v) is 9.22. The van der Waals surface area contributed by atoms with E-state index in [0.29, 0.717) is 32.4 Å². The van der Waals surface area contributed by atoms with E-state index in [1.54, 1.807) is 13.8 Å². The third-order valence-corrected chi connectivity index (χ3v) is 6.78. The van der Waals surface area contributed by atoms with Crippen molar-refractivity contribution in [2.24, 2.45) is 11.7 Å². The molecule has 0 aromatic carbocycles. The maximum absolute atomic E-state index is 12.7. The Morgan fingerprint density at radius 1 is 1.25 bits per heavy atom. The van der Waals surface area contributed by atoms with Crippen LogP contribution in [0.4, 0.5) is 0 Å². The number of rotatable bonds is 7. The lowest BCUT2D eigenvalue weighted by molar-refractivity contribution is -0.121. The van der Waals surface area contributed by atoms with Gasteiger partial charge in [0, 0.05) is 6.54 Å². The molecule has 5 nitrogen and oxygen atoms in total. The van der Waals surface area contributed by atoms with Crippen LogP contribution in [0.2, 0.25) is 0 Å². The van der Waals surface area contributed by atoms with Gasteiger partial charge in [0.2, 0.25) is 5.91 Å². The second kappa shape index (κ2) is 7.98. The first kappa shape index (κ1) is 17.4. The summed E-state index contributed by atoms with van der Waals surface area (Å²) in [5.41, 5.74) is 5.38. The summed E-state index contributed by atoms with van der Waals surface area (Å²) in [6, 6.07) is 0. The van der Waals surface area contributed by atoms with Gasteiger partial charge in [-0.05, 0) is 31.7 Å². The van der Waals surface area contributed by atoms with E-state index in [1.165, 1.54) is 0 Å². The minimum atomic E-state index is -3.40. The fraction of sp³-hybridized carbons (Fsp3) is 0.929. The topological polar surface area (TPSA) is 89.3 Å². The van der Waals surface area contributed by atoms with Crippen molar-refractivity contribution < 1.29 is 13.2 Å². The van der Waals surface area contributed by atoms with Crippen molar-refractivity contribution in [1.29, 1.82) is 0 Å². The van der Waals surface area contributed by atoms with Crippen LogP contribution in [0.1, 0.15) is 52.4 Å². The Kier molecular flexibility index (Phi) is 6.95. The molecule has 20 heavy (non-hydrogen) atoms. The molecule has 0 spiro atoms. The van der Waals surface area contributed by atoms with Gasteiger partial charge in [0.05, 0.1) is 5.25 Å². The molecule has 1 aliphatic carbocycles. The SMILES string of the molecule is CC(C)C(C(=O)NCCCN)S(=O)(=O)C1CCCCC1. The van der Waals surface area contributed by atoms with Crippen LogP contribution in [0, 0.1) is 5.92 Å². The minimum Gasteiger partial charge on any atom is -0.355 e. The van der Waals surface area contributed by atoms with Crippen LogP contribution in [0.15, 0.2) is 0 Å². The number of hydrogen-bond acceptors (Lipinski definition) is 4. The zero-order valence-corrected chi connectivity index (χ0v) is 13.4. The third-order valence-electron chi connectivity index (χ3n) is 3.91. The number of nitrogens with two attached hydrogens (primary N) is 1. The van der Waals surface area contributed by atoms with E-state index in [4.69, 9.17) is 5.73 Å². The number of carbonyl (C=O) groups is 1. The molecule has 0 radical (unpaired) electrons. The normalized spacial score (nSPS) is 19.0. The van der Waals surface area contributed by atoms with Crippen molar-refractivity contribution in [1.82, 2.24) is 5.32 Å². The van der Waals surface area contributed by atoms with Gasteiger partial charge in [-0.3, -0.25) is 4.79 Å². The van der Waals surface area contributed by atoms with Gasteiger partial charge in [-0.2, -0.15) is 0 Å². The predicted molar refractivity (Wildman–Crippen MR) is 81.1 cm³/mol. The minimum absolute atomic E-state index is 0.209. The van der Waals surface area contributed by atoms with E-state index in [9.17, 15) is 13.2 Å². The molecule has 6 heteroatoms.